The number of hydrogen-bond donors (Lipinski definition) is 0. The predicted octanol–water partition coefficient (Wildman–Crippen LogP) is 12.7. The Balaban J connectivity index is 1.15. The summed E-state index contributed by atoms with van der Waals surface area (Å²) in [6.45, 7) is 0. The van der Waals surface area contributed by atoms with Gasteiger partial charge in [-0.15, -0.1) is 0 Å². The molecule has 0 unspecified atom stereocenters. The first kappa shape index (κ1) is 27.9. The van der Waals surface area contributed by atoms with E-state index in [1.807, 2.05) is 0 Å². The van der Waals surface area contributed by atoms with E-state index < -0.39 is 0 Å². The topological polar surface area (TPSA) is 8.17 Å². The summed E-state index contributed by atoms with van der Waals surface area (Å²) in [4.78, 5) is 2.30. The number of benzene rings is 8. The predicted molar refractivity (Wildman–Crippen MR) is 204 cm³/mol. The van der Waals surface area contributed by atoms with Gasteiger partial charge in [-0.2, -0.15) is 0 Å². The van der Waals surface area contributed by atoms with Crippen LogP contribution in [0.25, 0.3) is 60.5 Å². The Hall–Kier alpha value is -6.38. The Kier molecular flexibility index (Phi) is 6.84. The van der Waals surface area contributed by atoms with Crippen LogP contribution in [0.5, 0.6) is 0 Å². The van der Waals surface area contributed by atoms with Crippen LogP contribution < -0.4 is 4.90 Å². The SMILES string of the molecule is c1ccc(N(c2ccccc2)c2ccc(-c3ccccc3-c3ccc4c(c3)c3ccccc3n4-c3cccc4ccccc34)cc2)cc1. The molecule has 0 spiro atoms. The molecule has 0 bridgehead atoms. The fourth-order valence-electron chi connectivity index (χ4n) is 7.18. The monoisotopic (exact) mass is 612 g/mol. The average molecular weight is 613 g/mol. The third-order valence-corrected chi connectivity index (χ3v) is 9.38. The molecule has 2 nitrogen and oxygen atoms in total. The average Bonchev–Trinajstić information content (AvgIpc) is 3.49. The second-order valence-electron chi connectivity index (χ2n) is 12.2. The minimum Gasteiger partial charge on any atom is -0.311 e. The molecule has 2 heteroatoms. The summed E-state index contributed by atoms with van der Waals surface area (Å²) < 4.78 is 2.42. The van der Waals surface area contributed by atoms with Crippen LogP contribution in [0, 0.1) is 0 Å². The first-order valence-electron chi connectivity index (χ1n) is 16.4. The molecular formula is C46H32N2. The van der Waals surface area contributed by atoms with Crippen LogP contribution in [0.3, 0.4) is 0 Å². The molecule has 0 amide bonds. The minimum atomic E-state index is 1.12. The van der Waals surface area contributed by atoms with Crippen molar-refractivity contribution in [2.45, 2.75) is 0 Å². The van der Waals surface area contributed by atoms with Crippen LogP contribution in [0.4, 0.5) is 17.1 Å². The first-order valence-corrected chi connectivity index (χ1v) is 16.4. The molecule has 0 radical (unpaired) electrons. The second-order valence-corrected chi connectivity index (χ2v) is 12.2. The third kappa shape index (κ3) is 4.74. The van der Waals surface area contributed by atoms with Gasteiger partial charge in [0.1, 0.15) is 0 Å². The van der Waals surface area contributed by atoms with Crippen LogP contribution in [-0.4, -0.2) is 4.57 Å². The Morgan fingerprint density at radius 2 is 0.854 bits per heavy atom. The van der Waals surface area contributed by atoms with Gasteiger partial charge < -0.3 is 9.47 Å². The van der Waals surface area contributed by atoms with Crippen molar-refractivity contribution in [3.63, 3.8) is 0 Å². The van der Waals surface area contributed by atoms with E-state index in [1.165, 1.54) is 60.5 Å². The summed E-state index contributed by atoms with van der Waals surface area (Å²) in [7, 11) is 0. The Labute approximate surface area is 280 Å². The molecule has 0 aliphatic carbocycles. The molecule has 0 N–H and O–H groups in total. The van der Waals surface area contributed by atoms with Crippen LogP contribution in [0.15, 0.2) is 194 Å². The van der Waals surface area contributed by atoms with Crippen molar-refractivity contribution in [2.24, 2.45) is 0 Å². The fraction of sp³-hybridized carbons (Fsp3) is 0. The lowest BCUT2D eigenvalue weighted by atomic mass is 9.93. The van der Waals surface area contributed by atoms with E-state index >= 15 is 0 Å². The van der Waals surface area contributed by atoms with Gasteiger partial charge in [0.25, 0.3) is 0 Å². The zero-order chi connectivity index (χ0) is 31.9. The van der Waals surface area contributed by atoms with Crippen molar-refractivity contribution in [3.05, 3.63) is 194 Å². The highest BCUT2D eigenvalue weighted by atomic mass is 15.1. The van der Waals surface area contributed by atoms with Gasteiger partial charge >= 0.3 is 0 Å². The molecule has 1 aromatic heterocycles. The van der Waals surface area contributed by atoms with Gasteiger partial charge in [-0.05, 0) is 88.3 Å². The number of aromatic nitrogens is 1. The molecule has 8 aromatic carbocycles. The van der Waals surface area contributed by atoms with E-state index in [2.05, 4.69) is 204 Å². The molecule has 226 valence electrons. The summed E-state index contributed by atoms with van der Waals surface area (Å²) in [6.07, 6.45) is 0. The maximum atomic E-state index is 2.42. The first-order chi connectivity index (χ1) is 23.8. The summed E-state index contributed by atoms with van der Waals surface area (Å²) >= 11 is 0. The van der Waals surface area contributed by atoms with Crippen LogP contribution >= 0.6 is 0 Å². The summed E-state index contributed by atoms with van der Waals surface area (Å²) in [5, 5.41) is 5.00. The maximum absolute atomic E-state index is 2.42. The van der Waals surface area contributed by atoms with Crippen LogP contribution in [-0.2, 0) is 0 Å². The van der Waals surface area contributed by atoms with E-state index in [4.69, 9.17) is 0 Å². The zero-order valence-electron chi connectivity index (χ0n) is 26.4. The maximum Gasteiger partial charge on any atom is 0.0541 e. The zero-order valence-corrected chi connectivity index (χ0v) is 26.4. The molecular weight excluding hydrogens is 581 g/mol. The molecule has 0 saturated heterocycles. The van der Waals surface area contributed by atoms with Crippen molar-refractivity contribution in [2.75, 3.05) is 4.90 Å². The van der Waals surface area contributed by atoms with E-state index in [9.17, 15) is 0 Å². The Morgan fingerprint density at radius 3 is 1.58 bits per heavy atom. The van der Waals surface area contributed by atoms with E-state index in [0.29, 0.717) is 0 Å². The quantitative estimate of drug-likeness (QED) is 0.181. The van der Waals surface area contributed by atoms with Crippen molar-refractivity contribution in [3.8, 4) is 27.9 Å². The van der Waals surface area contributed by atoms with Crippen molar-refractivity contribution in [1.82, 2.24) is 4.57 Å². The van der Waals surface area contributed by atoms with Gasteiger partial charge in [0.05, 0.1) is 16.7 Å². The number of rotatable bonds is 6. The lowest BCUT2D eigenvalue weighted by Crippen LogP contribution is -2.09. The van der Waals surface area contributed by atoms with Gasteiger partial charge in [-0.25, -0.2) is 0 Å². The molecule has 0 fully saturated rings. The summed E-state index contributed by atoms with van der Waals surface area (Å²) in [5.41, 5.74) is 11.8. The smallest absolute Gasteiger partial charge is 0.0541 e. The van der Waals surface area contributed by atoms with Gasteiger partial charge in [0.15, 0.2) is 0 Å². The van der Waals surface area contributed by atoms with Crippen molar-refractivity contribution >= 4 is 49.6 Å². The van der Waals surface area contributed by atoms with E-state index in [0.717, 1.165) is 17.1 Å². The molecule has 48 heavy (non-hydrogen) atoms. The highest BCUT2D eigenvalue weighted by Gasteiger charge is 2.17. The molecule has 0 saturated carbocycles. The lowest BCUT2D eigenvalue weighted by Gasteiger charge is -2.25. The van der Waals surface area contributed by atoms with Gasteiger partial charge in [-0.1, -0.05) is 133 Å². The molecule has 0 aliphatic rings. The minimum absolute atomic E-state index is 1.12. The Bertz CT molecular complexity index is 2500. The van der Waals surface area contributed by atoms with E-state index in [-0.39, 0.29) is 0 Å². The largest absolute Gasteiger partial charge is 0.311 e. The third-order valence-electron chi connectivity index (χ3n) is 9.38. The number of fused-ring (bicyclic) bond motifs is 4. The second kappa shape index (κ2) is 11.8. The fourth-order valence-corrected chi connectivity index (χ4v) is 7.18. The van der Waals surface area contributed by atoms with E-state index in [1.54, 1.807) is 0 Å². The standard InChI is InChI=1S/C46H32N2/c1-3-16-36(17-4-1)47(37-18-5-2-6-19-37)38-29-26-34(27-30-38)39-20-9-10-21-40(39)35-28-31-46-43(32-35)42-23-11-12-24-45(42)48(46)44-25-13-15-33-14-7-8-22-41(33)44/h1-32H. The molecule has 9 aromatic rings. The highest BCUT2D eigenvalue weighted by Crippen LogP contribution is 2.40. The summed E-state index contributed by atoms with van der Waals surface area (Å²) in [6, 6.07) is 69.8. The molecule has 0 aliphatic heterocycles. The van der Waals surface area contributed by atoms with Gasteiger partial charge in [0.2, 0.25) is 0 Å². The molecule has 9 rings (SSSR count). The van der Waals surface area contributed by atoms with Crippen LogP contribution in [0.2, 0.25) is 0 Å². The number of nitrogens with zero attached hydrogens (tertiary/aromatic N) is 2. The van der Waals surface area contributed by atoms with Crippen LogP contribution in [0.1, 0.15) is 0 Å². The highest BCUT2D eigenvalue weighted by molar-refractivity contribution is 6.12. The van der Waals surface area contributed by atoms with Crippen molar-refractivity contribution < 1.29 is 0 Å². The Morgan fingerprint density at radius 1 is 0.333 bits per heavy atom. The van der Waals surface area contributed by atoms with Crippen molar-refractivity contribution in [1.29, 1.82) is 0 Å². The lowest BCUT2D eigenvalue weighted by molar-refractivity contribution is 1.20. The summed E-state index contributed by atoms with van der Waals surface area (Å²) in [5.74, 6) is 0. The number of hydrogen-bond acceptors (Lipinski definition) is 1. The number of para-hydroxylation sites is 3. The van der Waals surface area contributed by atoms with Gasteiger partial charge in [-0.3, -0.25) is 0 Å². The molecule has 0 atom stereocenters. The normalized spacial score (nSPS) is 11.3. The number of anilines is 3. The molecule has 1 heterocycles. The van der Waals surface area contributed by atoms with Gasteiger partial charge in [0, 0.05) is 33.2 Å².